The van der Waals surface area contributed by atoms with Gasteiger partial charge >= 0.3 is 0 Å². The number of methoxy groups -OCH3 is 1. The van der Waals surface area contributed by atoms with E-state index in [-0.39, 0.29) is 0 Å². The molecule has 1 atom stereocenters. The molecule has 1 N–H and O–H groups in total. The summed E-state index contributed by atoms with van der Waals surface area (Å²) in [5.41, 5.74) is 1.81. The Bertz CT molecular complexity index is 569. The maximum atomic E-state index is 10.4. The Balaban J connectivity index is 2.20. The van der Waals surface area contributed by atoms with Crippen molar-refractivity contribution in [1.29, 1.82) is 0 Å². The second kappa shape index (κ2) is 6.90. The van der Waals surface area contributed by atoms with E-state index in [0.29, 0.717) is 6.42 Å². The van der Waals surface area contributed by atoms with E-state index in [1.807, 2.05) is 22.8 Å². The Kier molecular flexibility index (Phi) is 5.20. The van der Waals surface area contributed by atoms with E-state index in [2.05, 4.69) is 27.8 Å². The van der Waals surface area contributed by atoms with E-state index in [0.717, 1.165) is 34.4 Å². The number of hydrogen-bond acceptors (Lipinski definition) is 3. The zero-order valence-corrected chi connectivity index (χ0v) is 13.3. The number of ether oxygens (including phenoxy) is 1. The zero-order chi connectivity index (χ0) is 14.5. The first-order valence-electron chi connectivity index (χ1n) is 6.66. The molecule has 1 heterocycles. The number of aliphatic hydroxyl groups is 1. The van der Waals surface area contributed by atoms with E-state index < -0.39 is 6.10 Å². The van der Waals surface area contributed by atoms with Gasteiger partial charge in [0, 0.05) is 17.4 Å². The minimum absolute atomic E-state index is 0.498. The van der Waals surface area contributed by atoms with E-state index in [1.165, 1.54) is 0 Å². The van der Waals surface area contributed by atoms with Gasteiger partial charge in [-0.3, -0.25) is 0 Å². The second-order valence-corrected chi connectivity index (χ2v) is 5.60. The molecule has 1 aromatic heterocycles. The third kappa shape index (κ3) is 3.41. The SMILES string of the molecule is CCCn1cncc1C(O)Cc1cc(Br)ccc1OC. The summed E-state index contributed by atoms with van der Waals surface area (Å²) in [5.74, 6) is 0.786. The lowest BCUT2D eigenvalue weighted by Gasteiger charge is -2.15. The number of imidazole rings is 1. The first kappa shape index (κ1) is 15.1. The standard InChI is InChI=1S/C15H19BrN2O2/c1-3-6-18-10-17-9-13(18)14(19)8-11-7-12(16)4-5-15(11)20-2/h4-5,7,9-10,14,19H,3,6,8H2,1-2H3. The number of hydrogen-bond donors (Lipinski definition) is 1. The van der Waals surface area contributed by atoms with Crippen molar-refractivity contribution in [3.05, 3.63) is 46.5 Å². The van der Waals surface area contributed by atoms with E-state index in [1.54, 1.807) is 19.6 Å². The fraction of sp³-hybridized carbons (Fsp3) is 0.400. The van der Waals surface area contributed by atoms with Gasteiger partial charge in [0.05, 0.1) is 31.4 Å². The minimum Gasteiger partial charge on any atom is -0.496 e. The predicted octanol–water partition coefficient (Wildman–Crippen LogP) is 3.34. The number of benzene rings is 1. The van der Waals surface area contributed by atoms with Gasteiger partial charge in [0.25, 0.3) is 0 Å². The van der Waals surface area contributed by atoms with Crippen molar-refractivity contribution in [2.75, 3.05) is 7.11 Å². The average molecular weight is 339 g/mol. The summed E-state index contributed by atoms with van der Waals surface area (Å²) < 4.78 is 8.31. The maximum Gasteiger partial charge on any atom is 0.122 e. The molecule has 4 nitrogen and oxygen atoms in total. The highest BCUT2D eigenvalue weighted by Crippen LogP contribution is 2.28. The average Bonchev–Trinajstić information content (AvgIpc) is 2.88. The van der Waals surface area contributed by atoms with E-state index in [9.17, 15) is 5.11 Å². The summed E-state index contributed by atoms with van der Waals surface area (Å²) in [7, 11) is 1.64. The summed E-state index contributed by atoms with van der Waals surface area (Å²) in [5, 5.41) is 10.4. The number of rotatable bonds is 6. The molecule has 1 unspecified atom stereocenters. The molecule has 0 spiro atoms. The number of halogens is 1. The van der Waals surface area contributed by atoms with E-state index >= 15 is 0 Å². The molecule has 0 aliphatic heterocycles. The molecule has 2 aromatic rings. The Morgan fingerprint density at radius 1 is 1.45 bits per heavy atom. The Labute approximate surface area is 127 Å². The molecule has 0 fully saturated rings. The summed E-state index contributed by atoms with van der Waals surface area (Å²) in [6.07, 6.45) is 4.41. The highest BCUT2D eigenvalue weighted by molar-refractivity contribution is 9.10. The molecular weight excluding hydrogens is 320 g/mol. The first-order chi connectivity index (χ1) is 9.65. The Morgan fingerprint density at radius 2 is 2.25 bits per heavy atom. The summed E-state index contributed by atoms with van der Waals surface area (Å²) in [6.45, 7) is 2.97. The van der Waals surface area contributed by atoms with Crippen LogP contribution in [0.4, 0.5) is 0 Å². The van der Waals surface area contributed by atoms with E-state index in [4.69, 9.17) is 4.74 Å². The molecule has 0 saturated carbocycles. The van der Waals surface area contributed by atoms with Gasteiger partial charge in [-0.05, 0) is 30.2 Å². The molecule has 2 rings (SSSR count). The lowest BCUT2D eigenvalue weighted by molar-refractivity contribution is 0.167. The number of aromatic nitrogens is 2. The monoisotopic (exact) mass is 338 g/mol. The van der Waals surface area contributed by atoms with Gasteiger partial charge in [0.2, 0.25) is 0 Å². The van der Waals surface area contributed by atoms with Crippen LogP contribution in [0.2, 0.25) is 0 Å². The number of nitrogens with zero attached hydrogens (tertiary/aromatic N) is 2. The normalized spacial score (nSPS) is 12.4. The molecule has 0 bridgehead atoms. The van der Waals surface area contributed by atoms with Crippen molar-refractivity contribution in [3.63, 3.8) is 0 Å². The molecule has 0 amide bonds. The molecule has 1 aromatic carbocycles. The second-order valence-electron chi connectivity index (χ2n) is 4.69. The van der Waals surface area contributed by atoms with Gasteiger partial charge in [-0.25, -0.2) is 4.98 Å². The van der Waals surface area contributed by atoms with Crippen LogP contribution in [0.3, 0.4) is 0 Å². The van der Waals surface area contributed by atoms with Crippen molar-refractivity contribution >= 4 is 15.9 Å². The van der Waals surface area contributed by atoms with Crippen LogP contribution in [0.5, 0.6) is 5.75 Å². The van der Waals surface area contributed by atoms with Crippen LogP contribution >= 0.6 is 15.9 Å². The van der Waals surface area contributed by atoms with Gasteiger partial charge < -0.3 is 14.4 Å². The van der Waals surface area contributed by atoms with Crippen molar-refractivity contribution in [3.8, 4) is 5.75 Å². The van der Waals surface area contributed by atoms with Gasteiger partial charge in [-0.15, -0.1) is 0 Å². The predicted molar refractivity (Wildman–Crippen MR) is 81.9 cm³/mol. The number of aliphatic hydroxyl groups excluding tert-OH is 1. The van der Waals surface area contributed by atoms with Crippen LogP contribution in [-0.2, 0) is 13.0 Å². The highest BCUT2D eigenvalue weighted by Gasteiger charge is 2.16. The van der Waals surface area contributed by atoms with Crippen LogP contribution in [-0.4, -0.2) is 21.8 Å². The fourth-order valence-corrected chi connectivity index (χ4v) is 2.66. The molecule has 5 heteroatoms. The van der Waals surface area contributed by atoms with Crippen molar-refractivity contribution in [2.24, 2.45) is 0 Å². The molecule has 108 valence electrons. The minimum atomic E-state index is -0.591. The van der Waals surface area contributed by atoms with Crippen molar-refractivity contribution in [2.45, 2.75) is 32.4 Å². The van der Waals surface area contributed by atoms with Gasteiger partial charge in [-0.1, -0.05) is 22.9 Å². The lowest BCUT2D eigenvalue weighted by atomic mass is 10.0. The molecule has 0 saturated heterocycles. The maximum absolute atomic E-state index is 10.4. The Hall–Kier alpha value is -1.33. The smallest absolute Gasteiger partial charge is 0.122 e. The first-order valence-corrected chi connectivity index (χ1v) is 7.45. The fourth-order valence-electron chi connectivity index (χ4n) is 2.26. The van der Waals surface area contributed by atoms with Crippen molar-refractivity contribution in [1.82, 2.24) is 9.55 Å². The summed E-state index contributed by atoms with van der Waals surface area (Å²) in [6, 6.07) is 5.80. The zero-order valence-electron chi connectivity index (χ0n) is 11.7. The lowest BCUT2D eigenvalue weighted by Crippen LogP contribution is -2.10. The summed E-state index contributed by atoms with van der Waals surface area (Å²) >= 11 is 3.45. The summed E-state index contributed by atoms with van der Waals surface area (Å²) in [4.78, 5) is 4.13. The quantitative estimate of drug-likeness (QED) is 0.878. The third-order valence-electron chi connectivity index (χ3n) is 3.21. The van der Waals surface area contributed by atoms with Crippen LogP contribution in [0.25, 0.3) is 0 Å². The largest absolute Gasteiger partial charge is 0.496 e. The van der Waals surface area contributed by atoms with Gasteiger partial charge in [-0.2, -0.15) is 0 Å². The Morgan fingerprint density at radius 3 is 2.95 bits per heavy atom. The highest BCUT2D eigenvalue weighted by atomic mass is 79.9. The molecular formula is C15H19BrN2O2. The molecule has 0 aliphatic rings. The van der Waals surface area contributed by atoms with Crippen LogP contribution in [0.15, 0.2) is 35.2 Å². The molecule has 0 aliphatic carbocycles. The van der Waals surface area contributed by atoms with Crippen LogP contribution in [0.1, 0.15) is 30.7 Å². The third-order valence-corrected chi connectivity index (χ3v) is 3.70. The van der Waals surface area contributed by atoms with Crippen LogP contribution < -0.4 is 4.74 Å². The molecule has 0 radical (unpaired) electrons. The molecule has 20 heavy (non-hydrogen) atoms. The topological polar surface area (TPSA) is 47.3 Å². The number of aryl methyl sites for hydroxylation is 1. The van der Waals surface area contributed by atoms with Crippen molar-refractivity contribution < 1.29 is 9.84 Å². The van der Waals surface area contributed by atoms with Gasteiger partial charge in [0.1, 0.15) is 5.75 Å². The van der Waals surface area contributed by atoms with Crippen LogP contribution in [0, 0.1) is 0 Å². The van der Waals surface area contributed by atoms with Gasteiger partial charge in [0.15, 0.2) is 0 Å².